The van der Waals surface area contributed by atoms with Crippen LogP contribution >= 0.6 is 0 Å². The third-order valence-corrected chi connectivity index (χ3v) is 3.80. The van der Waals surface area contributed by atoms with E-state index >= 15 is 0 Å². The van der Waals surface area contributed by atoms with Gasteiger partial charge in [0.2, 0.25) is 0 Å². The molecule has 1 aliphatic heterocycles. The van der Waals surface area contributed by atoms with Gasteiger partial charge in [0, 0.05) is 17.5 Å². The van der Waals surface area contributed by atoms with Crippen molar-refractivity contribution in [1.82, 2.24) is 4.98 Å². The van der Waals surface area contributed by atoms with Crippen LogP contribution in [0.4, 0.5) is 14.5 Å². The van der Waals surface area contributed by atoms with Crippen molar-refractivity contribution in [3.05, 3.63) is 46.7 Å². The van der Waals surface area contributed by atoms with Crippen LogP contribution < -0.4 is 5.73 Å². The Morgan fingerprint density at radius 3 is 2.55 bits per heavy atom. The zero-order chi connectivity index (χ0) is 15.9. The van der Waals surface area contributed by atoms with Gasteiger partial charge in [0.1, 0.15) is 17.2 Å². The smallest absolute Gasteiger partial charge is 0.170 e. The Hall–Kier alpha value is -2.34. The fourth-order valence-electron chi connectivity index (χ4n) is 2.52. The molecule has 0 bridgehead atoms. The van der Waals surface area contributed by atoms with E-state index in [2.05, 4.69) is 4.98 Å². The summed E-state index contributed by atoms with van der Waals surface area (Å²) in [6, 6.07) is 4.15. The van der Waals surface area contributed by atoms with Gasteiger partial charge in [-0.25, -0.2) is 13.8 Å². The quantitative estimate of drug-likeness (QED) is 0.886. The number of nitrogen functional groups attached to an aromatic ring is 1. The molecule has 1 fully saturated rings. The summed E-state index contributed by atoms with van der Waals surface area (Å²) in [7, 11) is 0. The lowest BCUT2D eigenvalue weighted by Gasteiger charge is -2.27. The summed E-state index contributed by atoms with van der Waals surface area (Å²) in [6.07, 6.45) is 0.422. The highest BCUT2D eigenvalue weighted by Crippen LogP contribution is 2.33. The topological polar surface area (TPSA) is 65.2 Å². The van der Waals surface area contributed by atoms with Gasteiger partial charge < -0.3 is 10.5 Å². The normalized spacial score (nSPS) is 14.7. The van der Waals surface area contributed by atoms with Crippen LogP contribution in [0.2, 0.25) is 0 Å². The first kappa shape index (κ1) is 14.6. The van der Waals surface area contributed by atoms with Crippen molar-refractivity contribution >= 4 is 12.0 Å². The van der Waals surface area contributed by atoms with E-state index in [1.54, 1.807) is 13.0 Å². The Morgan fingerprint density at radius 1 is 1.27 bits per heavy atom. The molecule has 2 heterocycles. The average Bonchev–Trinajstić information content (AvgIpc) is 2.38. The van der Waals surface area contributed by atoms with Crippen molar-refractivity contribution in [3.63, 3.8) is 0 Å². The zero-order valence-corrected chi connectivity index (χ0v) is 11.9. The molecule has 4 nitrogen and oxygen atoms in total. The highest BCUT2D eigenvalue weighted by molar-refractivity contribution is 5.82. The first-order chi connectivity index (χ1) is 10.5. The van der Waals surface area contributed by atoms with Crippen molar-refractivity contribution in [3.8, 4) is 11.3 Å². The predicted octanol–water partition coefficient (Wildman–Crippen LogP) is 2.84. The Labute approximate surface area is 125 Å². The lowest BCUT2D eigenvalue weighted by Crippen LogP contribution is -2.25. The van der Waals surface area contributed by atoms with Crippen molar-refractivity contribution in [2.24, 2.45) is 0 Å². The summed E-state index contributed by atoms with van der Waals surface area (Å²) in [6.45, 7) is 2.80. The first-order valence-corrected chi connectivity index (χ1v) is 6.80. The van der Waals surface area contributed by atoms with E-state index in [-0.39, 0.29) is 28.6 Å². The highest BCUT2D eigenvalue weighted by Gasteiger charge is 2.24. The van der Waals surface area contributed by atoms with E-state index in [1.807, 2.05) is 0 Å². The third kappa shape index (κ3) is 2.35. The first-order valence-electron chi connectivity index (χ1n) is 6.80. The SMILES string of the molecule is Cc1cc(C2COC2)cc(F)c1-c1nc(C=O)c(N)cc1F. The number of pyridine rings is 1. The summed E-state index contributed by atoms with van der Waals surface area (Å²) < 4.78 is 33.7. The van der Waals surface area contributed by atoms with Crippen molar-refractivity contribution in [2.75, 3.05) is 18.9 Å². The van der Waals surface area contributed by atoms with E-state index in [9.17, 15) is 13.6 Å². The summed E-state index contributed by atoms with van der Waals surface area (Å²) in [5.74, 6) is -1.17. The van der Waals surface area contributed by atoms with Crippen LogP contribution in [0.3, 0.4) is 0 Å². The van der Waals surface area contributed by atoms with E-state index in [4.69, 9.17) is 10.5 Å². The van der Waals surface area contributed by atoms with Gasteiger partial charge in [-0.1, -0.05) is 6.07 Å². The molecule has 1 aromatic carbocycles. The second-order valence-electron chi connectivity index (χ2n) is 5.34. The molecule has 0 saturated carbocycles. The minimum absolute atomic E-state index is 0.0459. The number of benzene rings is 1. The number of aldehydes is 1. The number of carbonyl (C=O) groups is 1. The average molecular weight is 304 g/mol. The molecule has 0 unspecified atom stereocenters. The number of hydrogen-bond donors (Lipinski definition) is 1. The van der Waals surface area contributed by atoms with Crippen LogP contribution in [-0.2, 0) is 4.74 Å². The van der Waals surface area contributed by atoms with Crippen LogP contribution in [0.1, 0.15) is 27.5 Å². The van der Waals surface area contributed by atoms with E-state index in [0.717, 1.165) is 11.6 Å². The Morgan fingerprint density at radius 2 is 2.00 bits per heavy atom. The molecule has 1 aromatic heterocycles. The molecule has 2 N–H and O–H groups in total. The summed E-state index contributed by atoms with van der Waals surface area (Å²) >= 11 is 0. The van der Waals surface area contributed by atoms with Gasteiger partial charge in [-0.3, -0.25) is 4.79 Å². The van der Waals surface area contributed by atoms with Gasteiger partial charge in [0.25, 0.3) is 0 Å². The van der Waals surface area contributed by atoms with E-state index in [1.165, 1.54) is 6.07 Å². The number of halogens is 2. The molecule has 0 spiro atoms. The largest absolute Gasteiger partial charge is 0.397 e. The van der Waals surface area contributed by atoms with Crippen molar-refractivity contribution < 1.29 is 18.3 Å². The highest BCUT2D eigenvalue weighted by atomic mass is 19.1. The van der Waals surface area contributed by atoms with Gasteiger partial charge in [-0.15, -0.1) is 0 Å². The summed E-state index contributed by atoms with van der Waals surface area (Å²) in [5, 5.41) is 0. The van der Waals surface area contributed by atoms with E-state index in [0.29, 0.717) is 25.1 Å². The standard InChI is InChI=1S/C16H14F2N2O2/c1-8-2-9(10-6-22-7-10)3-11(17)15(8)16-12(18)4-13(19)14(5-21)20-16/h2-5,10H,6-7,19H2,1H3. The Bertz CT molecular complexity index is 735. The molecule has 0 radical (unpaired) electrons. The number of carbonyl (C=O) groups excluding carboxylic acids is 1. The number of nitrogens with two attached hydrogens (primary N) is 1. The molecule has 1 aliphatic rings. The van der Waals surface area contributed by atoms with Crippen LogP contribution in [0.15, 0.2) is 18.2 Å². The number of rotatable bonds is 3. The predicted molar refractivity (Wildman–Crippen MR) is 77.7 cm³/mol. The molecule has 22 heavy (non-hydrogen) atoms. The maximum Gasteiger partial charge on any atom is 0.170 e. The number of anilines is 1. The van der Waals surface area contributed by atoms with Crippen molar-refractivity contribution in [1.29, 1.82) is 0 Å². The maximum absolute atomic E-state index is 14.5. The lowest BCUT2D eigenvalue weighted by molar-refractivity contribution is 0.00831. The second kappa shape index (κ2) is 5.46. The summed E-state index contributed by atoms with van der Waals surface area (Å²) in [4.78, 5) is 14.8. The zero-order valence-electron chi connectivity index (χ0n) is 11.9. The number of hydrogen-bond acceptors (Lipinski definition) is 4. The van der Waals surface area contributed by atoms with Crippen LogP contribution in [0, 0.1) is 18.6 Å². The monoisotopic (exact) mass is 304 g/mol. The minimum Gasteiger partial charge on any atom is -0.397 e. The Balaban J connectivity index is 2.14. The van der Waals surface area contributed by atoms with Gasteiger partial charge in [0.05, 0.1) is 18.9 Å². The fourth-order valence-corrected chi connectivity index (χ4v) is 2.52. The molecular formula is C16H14F2N2O2. The van der Waals surface area contributed by atoms with Gasteiger partial charge in [0.15, 0.2) is 12.1 Å². The molecule has 0 atom stereocenters. The second-order valence-corrected chi connectivity index (χ2v) is 5.34. The fraction of sp³-hybridized carbons (Fsp3) is 0.250. The molecule has 0 amide bonds. The van der Waals surface area contributed by atoms with Crippen LogP contribution in [0.25, 0.3) is 11.3 Å². The van der Waals surface area contributed by atoms with Crippen molar-refractivity contribution in [2.45, 2.75) is 12.8 Å². The van der Waals surface area contributed by atoms with Crippen LogP contribution in [-0.4, -0.2) is 24.5 Å². The van der Waals surface area contributed by atoms with Gasteiger partial charge in [-0.2, -0.15) is 0 Å². The molecule has 3 rings (SSSR count). The summed E-state index contributed by atoms with van der Waals surface area (Å²) in [5.41, 5.74) is 6.53. The molecule has 1 saturated heterocycles. The molecule has 6 heteroatoms. The Kier molecular flexibility index (Phi) is 3.62. The third-order valence-electron chi connectivity index (χ3n) is 3.80. The molecule has 114 valence electrons. The molecule has 2 aromatic rings. The van der Waals surface area contributed by atoms with Gasteiger partial charge in [-0.05, 0) is 24.1 Å². The maximum atomic E-state index is 14.5. The number of aryl methyl sites for hydroxylation is 1. The molecule has 0 aliphatic carbocycles. The lowest BCUT2D eigenvalue weighted by atomic mass is 9.92. The van der Waals surface area contributed by atoms with Crippen LogP contribution in [0.5, 0.6) is 0 Å². The van der Waals surface area contributed by atoms with Gasteiger partial charge >= 0.3 is 0 Å². The molecular weight excluding hydrogens is 290 g/mol. The van der Waals surface area contributed by atoms with E-state index < -0.39 is 11.6 Å². The number of nitrogens with zero attached hydrogens (tertiary/aromatic N) is 1. The minimum atomic E-state index is -0.759. The number of aromatic nitrogens is 1. The number of ether oxygens (including phenoxy) is 1.